The zero-order valence-electron chi connectivity index (χ0n) is 26.3. The minimum Gasteiger partial charge on any atom is -0.309 e. The van der Waals surface area contributed by atoms with Crippen LogP contribution in [-0.4, -0.2) is 24.5 Å². The van der Waals surface area contributed by atoms with E-state index in [0.29, 0.717) is 5.82 Å². The van der Waals surface area contributed by atoms with Gasteiger partial charge in [0.2, 0.25) is 0 Å². The molecule has 0 atom stereocenters. The quantitative estimate of drug-likeness (QED) is 0.195. The van der Waals surface area contributed by atoms with Crippen LogP contribution >= 0.6 is 0 Å². The van der Waals surface area contributed by atoms with Gasteiger partial charge in [0.25, 0.3) is 0 Å². The molecule has 0 saturated carbocycles. The van der Waals surface area contributed by atoms with Crippen molar-refractivity contribution < 1.29 is 0 Å². The zero-order chi connectivity index (χ0) is 32.3. The lowest BCUT2D eigenvalue weighted by Crippen LogP contribution is -1.97. The largest absolute Gasteiger partial charge is 0.309 e. The Morgan fingerprint density at radius 1 is 0.449 bits per heavy atom. The van der Waals surface area contributed by atoms with Crippen LogP contribution in [0.25, 0.3) is 93.8 Å². The summed E-state index contributed by atoms with van der Waals surface area (Å²) >= 11 is 0. The first-order chi connectivity index (χ1) is 24.3. The van der Waals surface area contributed by atoms with Gasteiger partial charge in [0.15, 0.2) is 5.82 Å². The number of aromatic nitrogens is 5. The van der Waals surface area contributed by atoms with Crippen LogP contribution in [0.5, 0.6) is 0 Å². The summed E-state index contributed by atoms with van der Waals surface area (Å²) < 4.78 is 2.38. The van der Waals surface area contributed by atoms with Gasteiger partial charge in [-0.15, -0.1) is 0 Å². The molecule has 0 aliphatic carbocycles. The van der Waals surface area contributed by atoms with Crippen LogP contribution in [0.15, 0.2) is 164 Å². The molecule has 0 fully saturated rings. The molecule has 6 aromatic carbocycles. The molecule has 10 rings (SSSR count). The highest BCUT2D eigenvalue weighted by Gasteiger charge is 2.16. The standard InChI is InChI=1S/C44H27N5/c1-3-9-32-25-41-37(23-30(32)7-1)38-24-31-8-2-4-10-33(31)26-42(38)49(41)35-16-13-29(14-17-35)44-47-40-12-6-5-11-36(40)43(48-44)34-15-18-39(46-27-34)28-19-21-45-22-20-28/h1-27H. The second kappa shape index (κ2) is 10.9. The molecular formula is C44H27N5. The third-order valence-corrected chi connectivity index (χ3v) is 9.50. The van der Waals surface area contributed by atoms with E-state index < -0.39 is 0 Å². The smallest absolute Gasteiger partial charge is 0.160 e. The lowest BCUT2D eigenvalue weighted by atomic mass is 10.0. The van der Waals surface area contributed by atoms with Crippen LogP contribution in [0.3, 0.4) is 0 Å². The topological polar surface area (TPSA) is 56.5 Å². The van der Waals surface area contributed by atoms with Crippen molar-refractivity contribution in [3.8, 4) is 39.6 Å². The van der Waals surface area contributed by atoms with Crippen molar-refractivity contribution in [3.05, 3.63) is 164 Å². The lowest BCUT2D eigenvalue weighted by Gasteiger charge is -2.12. The monoisotopic (exact) mass is 625 g/mol. The zero-order valence-corrected chi connectivity index (χ0v) is 26.3. The number of para-hydroxylation sites is 1. The molecule has 0 saturated heterocycles. The molecule has 49 heavy (non-hydrogen) atoms. The average Bonchev–Trinajstić information content (AvgIpc) is 3.47. The fraction of sp³-hybridized carbons (Fsp3) is 0. The number of pyridine rings is 2. The van der Waals surface area contributed by atoms with Gasteiger partial charge in [-0.25, -0.2) is 9.97 Å². The SMILES string of the molecule is c1ccc2cc3c(cc2c1)c1cc2ccccc2cc1n3-c1ccc(-c2nc(-c3ccc(-c4ccncc4)nc3)c3ccccc3n2)cc1. The van der Waals surface area contributed by atoms with Gasteiger partial charge < -0.3 is 4.57 Å². The van der Waals surface area contributed by atoms with Crippen molar-refractivity contribution in [2.75, 3.05) is 0 Å². The van der Waals surface area contributed by atoms with E-state index in [9.17, 15) is 0 Å². The van der Waals surface area contributed by atoms with E-state index in [1.807, 2.05) is 42.6 Å². The van der Waals surface area contributed by atoms with Crippen LogP contribution in [0, 0.1) is 0 Å². The Morgan fingerprint density at radius 3 is 1.67 bits per heavy atom. The van der Waals surface area contributed by atoms with Crippen LogP contribution in [-0.2, 0) is 0 Å². The minimum atomic E-state index is 0.678. The van der Waals surface area contributed by atoms with Gasteiger partial charge in [-0.2, -0.15) is 0 Å². The summed E-state index contributed by atoms with van der Waals surface area (Å²) in [6, 6.07) is 51.3. The van der Waals surface area contributed by atoms with E-state index in [1.165, 1.54) is 43.4 Å². The number of rotatable bonds is 4. The van der Waals surface area contributed by atoms with Gasteiger partial charge in [0, 0.05) is 57.1 Å². The highest BCUT2D eigenvalue weighted by molar-refractivity contribution is 6.16. The molecule has 0 aliphatic rings. The van der Waals surface area contributed by atoms with Gasteiger partial charge in [0.1, 0.15) is 0 Å². The summed E-state index contributed by atoms with van der Waals surface area (Å²) in [4.78, 5) is 19.1. The van der Waals surface area contributed by atoms with E-state index >= 15 is 0 Å². The van der Waals surface area contributed by atoms with Crippen molar-refractivity contribution in [2.24, 2.45) is 0 Å². The normalized spacial score (nSPS) is 11.7. The van der Waals surface area contributed by atoms with Crippen molar-refractivity contribution in [1.82, 2.24) is 24.5 Å². The first-order valence-corrected chi connectivity index (χ1v) is 16.4. The minimum absolute atomic E-state index is 0.678. The molecule has 10 aromatic rings. The number of fused-ring (bicyclic) bond motifs is 6. The summed E-state index contributed by atoms with van der Waals surface area (Å²) in [5, 5.41) is 8.41. The van der Waals surface area contributed by atoms with E-state index in [1.54, 1.807) is 12.4 Å². The van der Waals surface area contributed by atoms with Crippen molar-refractivity contribution in [1.29, 1.82) is 0 Å². The average molecular weight is 626 g/mol. The van der Waals surface area contributed by atoms with E-state index in [4.69, 9.17) is 15.0 Å². The molecule has 4 aromatic heterocycles. The molecule has 0 radical (unpaired) electrons. The predicted octanol–water partition coefficient (Wildman–Crippen LogP) is 10.8. The van der Waals surface area contributed by atoms with Crippen LogP contribution in [0.1, 0.15) is 0 Å². The van der Waals surface area contributed by atoms with Gasteiger partial charge >= 0.3 is 0 Å². The fourth-order valence-corrected chi connectivity index (χ4v) is 7.08. The molecule has 228 valence electrons. The second-order valence-corrected chi connectivity index (χ2v) is 12.4. The maximum absolute atomic E-state index is 5.14. The Labute approximate surface area is 281 Å². The van der Waals surface area contributed by atoms with Gasteiger partial charge in [0.05, 0.1) is 27.9 Å². The Bertz CT molecular complexity index is 2760. The number of hydrogen-bond acceptors (Lipinski definition) is 4. The van der Waals surface area contributed by atoms with Crippen LogP contribution in [0.4, 0.5) is 0 Å². The number of nitrogens with zero attached hydrogens (tertiary/aromatic N) is 5. The lowest BCUT2D eigenvalue weighted by molar-refractivity contribution is 1.18. The predicted molar refractivity (Wildman–Crippen MR) is 201 cm³/mol. The Balaban J connectivity index is 1.11. The number of hydrogen-bond donors (Lipinski definition) is 0. The van der Waals surface area contributed by atoms with Crippen molar-refractivity contribution in [2.45, 2.75) is 0 Å². The van der Waals surface area contributed by atoms with E-state index in [-0.39, 0.29) is 0 Å². The van der Waals surface area contributed by atoms with E-state index in [0.717, 1.165) is 44.7 Å². The summed E-state index contributed by atoms with van der Waals surface area (Å²) in [6.45, 7) is 0. The second-order valence-electron chi connectivity index (χ2n) is 12.4. The molecule has 0 spiro atoms. The Kier molecular flexibility index (Phi) is 6.11. The molecule has 0 aliphatic heterocycles. The summed E-state index contributed by atoms with van der Waals surface area (Å²) in [5.74, 6) is 0.678. The maximum Gasteiger partial charge on any atom is 0.160 e. The third kappa shape index (κ3) is 4.55. The molecule has 0 unspecified atom stereocenters. The first kappa shape index (κ1) is 27.4. The number of benzene rings is 6. The molecule has 4 heterocycles. The maximum atomic E-state index is 5.14. The summed E-state index contributed by atoms with van der Waals surface area (Å²) in [5.41, 5.74) is 9.03. The molecule has 5 nitrogen and oxygen atoms in total. The summed E-state index contributed by atoms with van der Waals surface area (Å²) in [7, 11) is 0. The van der Waals surface area contributed by atoms with Crippen LogP contribution in [0.2, 0.25) is 0 Å². The molecule has 0 N–H and O–H groups in total. The van der Waals surface area contributed by atoms with Gasteiger partial charge in [-0.05, 0) is 100 Å². The van der Waals surface area contributed by atoms with Gasteiger partial charge in [-0.1, -0.05) is 66.7 Å². The fourth-order valence-electron chi connectivity index (χ4n) is 7.08. The summed E-state index contributed by atoms with van der Waals surface area (Å²) in [6.07, 6.45) is 5.46. The molecular weight excluding hydrogens is 599 g/mol. The van der Waals surface area contributed by atoms with Crippen molar-refractivity contribution >= 4 is 54.3 Å². The van der Waals surface area contributed by atoms with Crippen LogP contribution < -0.4 is 0 Å². The van der Waals surface area contributed by atoms with E-state index in [2.05, 4.69) is 119 Å². The molecule has 5 heteroatoms. The van der Waals surface area contributed by atoms with Gasteiger partial charge in [-0.3, -0.25) is 9.97 Å². The Morgan fingerprint density at radius 2 is 1.04 bits per heavy atom. The molecule has 0 amide bonds. The molecule has 0 bridgehead atoms. The van der Waals surface area contributed by atoms with Crippen molar-refractivity contribution in [3.63, 3.8) is 0 Å². The first-order valence-electron chi connectivity index (χ1n) is 16.4. The highest BCUT2D eigenvalue weighted by atomic mass is 15.0. The third-order valence-electron chi connectivity index (χ3n) is 9.50. The Hall–Kier alpha value is -6.72. The highest BCUT2D eigenvalue weighted by Crippen LogP contribution is 2.38.